The van der Waals surface area contributed by atoms with Crippen molar-refractivity contribution >= 4 is 5.97 Å². The Morgan fingerprint density at radius 3 is 2.22 bits per heavy atom. The van der Waals surface area contributed by atoms with Crippen LogP contribution in [0.3, 0.4) is 0 Å². The smallest absolute Gasteiger partial charge is 0.330 e. The van der Waals surface area contributed by atoms with E-state index in [1.165, 1.54) is 22.3 Å². The molecule has 0 aliphatic heterocycles. The van der Waals surface area contributed by atoms with Gasteiger partial charge in [0.2, 0.25) is 0 Å². The third-order valence-electron chi connectivity index (χ3n) is 4.19. The van der Waals surface area contributed by atoms with E-state index in [0.717, 1.165) is 5.57 Å². The molecule has 23 heavy (non-hydrogen) atoms. The fraction of sp³-hybridized carbons (Fsp3) is 0.190. The molecule has 2 aromatic carbocycles. The van der Waals surface area contributed by atoms with Crippen LogP contribution in [0.15, 0.2) is 72.8 Å². The maximum atomic E-state index is 12.0. The number of carbonyl (C=O) groups excluding carboxylic acids is 1. The molecular formula is C21H20O2. The van der Waals surface area contributed by atoms with Crippen LogP contribution in [0.5, 0.6) is 0 Å². The first-order chi connectivity index (χ1) is 11.2. The molecule has 3 rings (SSSR count). The summed E-state index contributed by atoms with van der Waals surface area (Å²) in [5, 5.41) is 0. The maximum absolute atomic E-state index is 12.0. The van der Waals surface area contributed by atoms with E-state index in [-0.39, 0.29) is 11.9 Å². The molecule has 0 saturated heterocycles. The van der Waals surface area contributed by atoms with Gasteiger partial charge in [0, 0.05) is 12.0 Å². The minimum Gasteiger partial charge on any atom is -0.462 e. The number of ether oxygens (including phenoxy) is 1. The van der Waals surface area contributed by atoms with Gasteiger partial charge in [0.05, 0.1) is 0 Å². The molecule has 0 amide bonds. The van der Waals surface area contributed by atoms with Crippen LogP contribution in [0.2, 0.25) is 0 Å². The highest BCUT2D eigenvalue weighted by molar-refractivity contribution is 5.83. The minimum absolute atomic E-state index is 0.111. The normalized spacial score (nSPS) is 13.3. The Kier molecular flexibility index (Phi) is 4.42. The molecule has 0 bridgehead atoms. The van der Waals surface area contributed by atoms with Gasteiger partial charge in [-0.1, -0.05) is 60.2 Å². The number of hydrogen-bond acceptors (Lipinski definition) is 2. The first-order valence-electron chi connectivity index (χ1n) is 7.83. The molecule has 0 fully saturated rings. The van der Waals surface area contributed by atoms with Gasteiger partial charge in [0.25, 0.3) is 0 Å². The Hall–Kier alpha value is -2.61. The highest BCUT2D eigenvalue weighted by atomic mass is 16.5. The van der Waals surface area contributed by atoms with Crippen LogP contribution in [0.4, 0.5) is 0 Å². The second kappa shape index (κ2) is 6.66. The van der Waals surface area contributed by atoms with Gasteiger partial charge in [-0.2, -0.15) is 0 Å². The lowest BCUT2D eigenvalue weighted by molar-refractivity contribution is -0.138. The third-order valence-corrected chi connectivity index (χ3v) is 4.19. The summed E-state index contributed by atoms with van der Waals surface area (Å²) in [4.78, 5) is 12.0. The van der Waals surface area contributed by atoms with E-state index in [1.54, 1.807) is 12.2 Å². The van der Waals surface area contributed by atoms with Crippen LogP contribution in [0, 0.1) is 0 Å². The summed E-state index contributed by atoms with van der Waals surface area (Å²) in [6.07, 6.45) is 4.03. The molecule has 0 atom stereocenters. The molecule has 1 aliphatic carbocycles. The van der Waals surface area contributed by atoms with Crippen molar-refractivity contribution in [1.29, 1.82) is 0 Å². The average molecular weight is 304 g/mol. The summed E-state index contributed by atoms with van der Waals surface area (Å²) < 4.78 is 5.51. The van der Waals surface area contributed by atoms with E-state index in [9.17, 15) is 4.79 Å². The number of benzene rings is 2. The van der Waals surface area contributed by atoms with E-state index >= 15 is 0 Å². The second-order valence-corrected chi connectivity index (χ2v) is 5.84. The van der Waals surface area contributed by atoms with Gasteiger partial charge in [-0.05, 0) is 35.6 Å². The minimum atomic E-state index is -0.286. The Morgan fingerprint density at radius 2 is 1.65 bits per heavy atom. The number of hydrogen-bond donors (Lipinski definition) is 0. The fourth-order valence-corrected chi connectivity index (χ4v) is 3.13. The fourth-order valence-electron chi connectivity index (χ4n) is 3.13. The van der Waals surface area contributed by atoms with Crippen molar-refractivity contribution in [2.75, 3.05) is 6.61 Å². The van der Waals surface area contributed by atoms with E-state index in [0.29, 0.717) is 13.0 Å². The first-order valence-corrected chi connectivity index (χ1v) is 7.83. The van der Waals surface area contributed by atoms with Crippen LogP contribution in [0.1, 0.15) is 30.4 Å². The summed E-state index contributed by atoms with van der Waals surface area (Å²) in [5.41, 5.74) is 5.89. The average Bonchev–Trinajstić information content (AvgIpc) is 2.87. The second-order valence-electron chi connectivity index (χ2n) is 5.84. The summed E-state index contributed by atoms with van der Waals surface area (Å²) >= 11 is 0. The third kappa shape index (κ3) is 3.11. The van der Waals surface area contributed by atoms with Crippen LogP contribution >= 0.6 is 0 Å². The highest BCUT2D eigenvalue weighted by Gasteiger charge is 2.28. The molecule has 2 nitrogen and oxygen atoms in total. The summed E-state index contributed by atoms with van der Waals surface area (Å²) in [6.45, 7) is 5.95. The zero-order chi connectivity index (χ0) is 16.2. The molecular weight excluding hydrogens is 284 g/mol. The molecule has 0 spiro atoms. The topological polar surface area (TPSA) is 26.3 Å². The van der Waals surface area contributed by atoms with E-state index in [2.05, 4.69) is 30.8 Å². The lowest BCUT2D eigenvalue weighted by Gasteiger charge is -2.13. The summed E-state index contributed by atoms with van der Waals surface area (Å²) in [5.74, 6) is -0.175. The van der Waals surface area contributed by atoms with Gasteiger partial charge in [-0.3, -0.25) is 0 Å². The zero-order valence-corrected chi connectivity index (χ0v) is 13.3. The monoisotopic (exact) mass is 304 g/mol. The highest BCUT2D eigenvalue weighted by Crippen LogP contribution is 2.44. The molecule has 2 aromatic rings. The van der Waals surface area contributed by atoms with Crippen molar-refractivity contribution in [3.8, 4) is 11.1 Å². The Bertz CT molecular complexity index is 725. The number of fused-ring (bicyclic) bond motifs is 3. The lowest BCUT2D eigenvalue weighted by atomic mass is 9.98. The van der Waals surface area contributed by atoms with Crippen molar-refractivity contribution in [2.24, 2.45) is 0 Å². The molecule has 0 unspecified atom stereocenters. The number of esters is 1. The number of rotatable bonds is 5. The van der Waals surface area contributed by atoms with Gasteiger partial charge < -0.3 is 4.74 Å². The molecule has 116 valence electrons. The van der Waals surface area contributed by atoms with E-state index in [1.807, 2.05) is 31.2 Å². The van der Waals surface area contributed by atoms with Gasteiger partial charge in [0.1, 0.15) is 6.61 Å². The Balaban J connectivity index is 1.80. The predicted octanol–water partition coefficient (Wildman–Crippen LogP) is 4.86. The predicted molar refractivity (Wildman–Crippen MR) is 93.3 cm³/mol. The molecule has 0 heterocycles. The standard InChI is InChI=1S/C21H20O2/c1-3-8-15(2)13-21(22)23-14-20-18-11-6-4-9-16(18)17-10-5-7-12-19(17)20/h3-7,9-13,20H,1,8,14H2,2H3. The van der Waals surface area contributed by atoms with Gasteiger partial charge >= 0.3 is 5.97 Å². The van der Waals surface area contributed by atoms with Crippen LogP contribution < -0.4 is 0 Å². The van der Waals surface area contributed by atoms with Crippen molar-refractivity contribution in [3.63, 3.8) is 0 Å². The summed E-state index contributed by atoms with van der Waals surface area (Å²) in [7, 11) is 0. The zero-order valence-electron chi connectivity index (χ0n) is 13.3. The summed E-state index contributed by atoms with van der Waals surface area (Å²) in [6, 6.07) is 16.7. The van der Waals surface area contributed by atoms with E-state index < -0.39 is 0 Å². The van der Waals surface area contributed by atoms with Crippen molar-refractivity contribution in [2.45, 2.75) is 19.3 Å². The van der Waals surface area contributed by atoms with Crippen molar-refractivity contribution in [3.05, 3.63) is 84.0 Å². The van der Waals surface area contributed by atoms with Crippen LogP contribution in [-0.4, -0.2) is 12.6 Å². The Labute approximate surface area is 137 Å². The molecule has 0 radical (unpaired) electrons. The molecule has 2 heteroatoms. The Morgan fingerprint density at radius 1 is 1.09 bits per heavy atom. The van der Waals surface area contributed by atoms with Gasteiger partial charge in [-0.15, -0.1) is 6.58 Å². The van der Waals surface area contributed by atoms with Gasteiger partial charge in [0.15, 0.2) is 0 Å². The number of carbonyl (C=O) groups is 1. The van der Waals surface area contributed by atoms with Gasteiger partial charge in [-0.25, -0.2) is 4.79 Å². The number of allylic oxidation sites excluding steroid dienone is 2. The molecule has 0 aromatic heterocycles. The van der Waals surface area contributed by atoms with Crippen molar-refractivity contribution < 1.29 is 9.53 Å². The largest absolute Gasteiger partial charge is 0.462 e. The van der Waals surface area contributed by atoms with Crippen LogP contribution in [-0.2, 0) is 9.53 Å². The maximum Gasteiger partial charge on any atom is 0.330 e. The lowest BCUT2D eigenvalue weighted by Crippen LogP contribution is -2.11. The van der Waals surface area contributed by atoms with E-state index in [4.69, 9.17) is 4.74 Å². The van der Waals surface area contributed by atoms with Crippen molar-refractivity contribution in [1.82, 2.24) is 0 Å². The molecule has 1 aliphatic rings. The van der Waals surface area contributed by atoms with Crippen LogP contribution in [0.25, 0.3) is 11.1 Å². The quantitative estimate of drug-likeness (QED) is 0.448. The SMILES string of the molecule is C=CCC(C)=CC(=O)OCC1c2ccccc2-c2ccccc21. The molecule has 0 saturated carbocycles. The first kappa shape index (κ1) is 15.3. The molecule has 0 N–H and O–H groups in total.